The number of carbonyl (C=O) groups is 2. The number of aliphatic carboxylic acids is 1. The zero-order chi connectivity index (χ0) is 12.6. The summed E-state index contributed by atoms with van der Waals surface area (Å²) >= 11 is 5.69. The lowest BCUT2D eigenvalue weighted by Crippen LogP contribution is -2.53. The molecule has 1 aliphatic rings. The van der Waals surface area contributed by atoms with Gasteiger partial charge in [-0.2, -0.15) is 0 Å². The number of hydrogen-bond acceptors (Lipinski definition) is 3. The summed E-state index contributed by atoms with van der Waals surface area (Å²) in [5, 5.41) is 18.0. The van der Waals surface area contributed by atoms with Crippen molar-refractivity contribution in [3.63, 3.8) is 0 Å². The van der Waals surface area contributed by atoms with E-state index in [0.29, 0.717) is 5.56 Å². The van der Waals surface area contributed by atoms with Gasteiger partial charge in [-0.15, -0.1) is 0 Å². The van der Waals surface area contributed by atoms with Crippen molar-refractivity contribution in [1.29, 1.82) is 0 Å². The number of rotatable bonds is 2. The number of likely N-dealkylation sites (tertiary alicyclic amines) is 1. The number of amides is 1. The van der Waals surface area contributed by atoms with Crippen LogP contribution in [0.2, 0.25) is 5.02 Å². The molecule has 1 aromatic carbocycles. The van der Waals surface area contributed by atoms with E-state index in [2.05, 4.69) is 0 Å². The number of benzene rings is 1. The minimum Gasteiger partial charge on any atom is -0.506 e. The Morgan fingerprint density at radius 1 is 1.35 bits per heavy atom. The van der Waals surface area contributed by atoms with Crippen LogP contribution in [0.3, 0.4) is 0 Å². The van der Waals surface area contributed by atoms with Crippen LogP contribution in [-0.4, -0.2) is 40.1 Å². The van der Waals surface area contributed by atoms with E-state index in [0.717, 1.165) is 0 Å². The molecule has 0 aromatic heterocycles. The van der Waals surface area contributed by atoms with Gasteiger partial charge in [-0.25, -0.2) is 0 Å². The van der Waals surface area contributed by atoms with Crippen LogP contribution in [0.25, 0.3) is 0 Å². The third kappa shape index (κ3) is 2.19. The molecule has 90 valence electrons. The molecule has 1 fully saturated rings. The molecule has 1 amide bonds. The molecule has 1 heterocycles. The molecule has 0 radical (unpaired) electrons. The normalized spacial score (nSPS) is 15.5. The van der Waals surface area contributed by atoms with Crippen molar-refractivity contribution < 1.29 is 19.8 Å². The predicted octanol–water partition coefficient (Wildman–Crippen LogP) is 1.20. The van der Waals surface area contributed by atoms with Gasteiger partial charge in [0.2, 0.25) is 0 Å². The van der Waals surface area contributed by atoms with Gasteiger partial charge in [-0.3, -0.25) is 9.59 Å². The van der Waals surface area contributed by atoms with Crippen LogP contribution in [0.5, 0.6) is 5.75 Å². The van der Waals surface area contributed by atoms with Gasteiger partial charge in [0.05, 0.1) is 10.9 Å². The molecule has 0 spiro atoms. The maximum Gasteiger partial charge on any atom is 0.310 e. The second-order valence-corrected chi connectivity index (χ2v) is 4.32. The molecule has 0 saturated carbocycles. The fourth-order valence-corrected chi connectivity index (χ4v) is 1.80. The van der Waals surface area contributed by atoms with Crippen LogP contribution in [0, 0.1) is 5.92 Å². The third-order valence-corrected chi connectivity index (χ3v) is 3.02. The number of carbonyl (C=O) groups excluding carboxylic acids is 1. The second kappa shape index (κ2) is 4.25. The number of phenolic OH excluding ortho intramolecular Hbond substituents is 1. The quantitative estimate of drug-likeness (QED) is 0.832. The van der Waals surface area contributed by atoms with E-state index in [1.807, 2.05) is 0 Å². The highest BCUT2D eigenvalue weighted by Gasteiger charge is 2.35. The van der Waals surface area contributed by atoms with Gasteiger partial charge >= 0.3 is 5.97 Å². The Labute approximate surface area is 102 Å². The molecule has 1 aromatic rings. The van der Waals surface area contributed by atoms with Crippen LogP contribution in [-0.2, 0) is 4.79 Å². The number of nitrogens with zero attached hydrogens (tertiary/aromatic N) is 1. The Hall–Kier alpha value is -1.75. The monoisotopic (exact) mass is 255 g/mol. The first-order valence-corrected chi connectivity index (χ1v) is 5.37. The van der Waals surface area contributed by atoms with Gasteiger partial charge in [0.15, 0.2) is 0 Å². The Bertz CT molecular complexity index is 482. The smallest absolute Gasteiger partial charge is 0.310 e. The SMILES string of the molecule is O=C(O)C1CN(C(=O)c2ccc(O)c(Cl)c2)C1. The van der Waals surface area contributed by atoms with E-state index in [1.54, 1.807) is 0 Å². The molecule has 5 nitrogen and oxygen atoms in total. The van der Waals surface area contributed by atoms with Crippen molar-refractivity contribution in [2.45, 2.75) is 0 Å². The molecule has 0 atom stereocenters. The standard InChI is InChI=1S/C11H10ClNO4/c12-8-3-6(1-2-9(8)14)10(15)13-4-7(5-13)11(16)17/h1-3,7,14H,4-5H2,(H,16,17). The highest BCUT2D eigenvalue weighted by atomic mass is 35.5. The number of phenols is 1. The fourth-order valence-electron chi connectivity index (χ4n) is 1.62. The number of halogens is 1. The Kier molecular flexibility index (Phi) is 2.93. The molecular formula is C11H10ClNO4. The topological polar surface area (TPSA) is 77.8 Å². The highest BCUT2D eigenvalue weighted by Crippen LogP contribution is 2.26. The van der Waals surface area contributed by atoms with Gasteiger partial charge in [-0.05, 0) is 18.2 Å². The first kappa shape index (κ1) is 11.7. The lowest BCUT2D eigenvalue weighted by atomic mass is 9.99. The van der Waals surface area contributed by atoms with Crippen molar-refractivity contribution >= 4 is 23.5 Å². The summed E-state index contributed by atoms with van der Waals surface area (Å²) in [5.41, 5.74) is 0.344. The molecule has 6 heteroatoms. The largest absolute Gasteiger partial charge is 0.506 e. The Morgan fingerprint density at radius 2 is 2.00 bits per heavy atom. The lowest BCUT2D eigenvalue weighted by Gasteiger charge is -2.36. The maximum atomic E-state index is 11.9. The van der Waals surface area contributed by atoms with Crippen molar-refractivity contribution in [3.8, 4) is 5.75 Å². The summed E-state index contributed by atoms with van der Waals surface area (Å²) in [4.78, 5) is 23.9. The van der Waals surface area contributed by atoms with Gasteiger partial charge in [0.25, 0.3) is 5.91 Å². The van der Waals surface area contributed by atoms with Crippen molar-refractivity contribution in [2.24, 2.45) is 5.92 Å². The molecule has 0 aliphatic carbocycles. The maximum absolute atomic E-state index is 11.9. The zero-order valence-electron chi connectivity index (χ0n) is 8.76. The number of carboxylic acid groups (broad SMARTS) is 1. The predicted molar refractivity (Wildman–Crippen MR) is 60.1 cm³/mol. The van der Waals surface area contributed by atoms with Gasteiger partial charge in [-0.1, -0.05) is 11.6 Å². The van der Waals surface area contributed by atoms with Crippen LogP contribution >= 0.6 is 11.6 Å². The molecule has 2 rings (SSSR count). The number of aromatic hydroxyl groups is 1. The van der Waals surface area contributed by atoms with E-state index in [-0.39, 0.29) is 29.8 Å². The second-order valence-electron chi connectivity index (χ2n) is 3.91. The van der Waals surface area contributed by atoms with Gasteiger partial charge in [0, 0.05) is 18.7 Å². The summed E-state index contributed by atoms with van der Waals surface area (Å²) in [6.07, 6.45) is 0. The molecule has 17 heavy (non-hydrogen) atoms. The van der Waals surface area contributed by atoms with E-state index in [9.17, 15) is 14.7 Å². The molecular weight excluding hydrogens is 246 g/mol. The van der Waals surface area contributed by atoms with Gasteiger partial charge in [0.1, 0.15) is 5.75 Å². The minimum absolute atomic E-state index is 0.0877. The third-order valence-electron chi connectivity index (χ3n) is 2.71. The van der Waals surface area contributed by atoms with Crippen LogP contribution in [0.1, 0.15) is 10.4 Å². The molecule has 0 unspecified atom stereocenters. The average Bonchev–Trinajstić information content (AvgIpc) is 2.19. The van der Waals surface area contributed by atoms with E-state index in [1.165, 1.54) is 23.1 Å². The van der Waals surface area contributed by atoms with Crippen LogP contribution < -0.4 is 0 Å². The van der Waals surface area contributed by atoms with Gasteiger partial charge < -0.3 is 15.1 Å². The summed E-state index contributed by atoms with van der Waals surface area (Å²) in [5.74, 6) is -1.73. The minimum atomic E-state index is -0.891. The van der Waals surface area contributed by atoms with Crippen LogP contribution in [0.15, 0.2) is 18.2 Å². The highest BCUT2D eigenvalue weighted by molar-refractivity contribution is 6.32. The van der Waals surface area contributed by atoms with Crippen molar-refractivity contribution in [3.05, 3.63) is 28.8 Å². The van der Waals surface area contributed by atoms with E-state index in [4.69, 9.17) is 16.7 Å². The summed E-state index contributed by atoms with van der Waals surface area (Å²) in [6.45, 7) is 0.430. The summed E-state index contributed by atoms with van der Waals surface area (Å²) < 4.78 is 0. The first-order valence-electron chi connectivity index (χ1n) is 4.99. The summed E-state index contributed by atoms with van der Waals surface area (Å²) in [6, 6.07) is 4.16. The molecule has 1 aliphatic heterocycles. The lowest BCUT2D eigenvalue weighted by molar-refractivity contribution is -0.146. The van der Waals surface area contributed by atoms with Crippen LogP contribution in [0.4, 0.5) is 0 Å². The number of carboxylic acids is 1. The Morgan fingerprint density at radius 3 is 2.53 bits per heavy atom. The van der Waals surface area contributed by atoms with E-state index < -0.39 is 11.9 Å². The average molecular weight is 256 g/mol. The number of hydrogen-bond donors (Lipinski definition) is 2. The first-order chi connectivity index (χ1) is 7.99. The Balaban J connectivity index is 2.06. The molecule has 0 bridgehead atoms. The van der Waals surface area contributed by atoms with Crippen molar-refractivity contribution in [2.75, 3.05) is 13.1 Å². The summed E-state index contributed by atoms with van der Waals surface area (Å²) in [7, 11) is 0. The molecule has 2 N–H and O–H groups in total. The zero-order valence-corrected chi connectivity index (χ0v) is 9.52. The molecule has 1 saturated heterocycles. The van der Waals surface area contributed by atoms with Crippen molar-refractivity contribution in [1.82, 2.24) is 4.90 Å². The fraction of sp³-hybridized carbons (Fsp3) is 0.273. The van der Waals surface area contributed by atoms with E-state index >= 15 is 0 Å².